The molecule has 0 atom stereocenters. The van der Waals surface area contributed by atoms with Crippen LogP contribution in [0, 0.1) is 0 Å². The predicted octanol–water partition coefficient (Wildman–Crippen LogP) is 0.690. The largest absolute Gasteiger partial charge is 0.490 e. The van der Waals surface area contributed by atoms with E-state index in [0.29, 0.717) is 88.8 Å². The highest BCUT2D eigenvalue weighted by molar-refractivity contribution is 5.83. The second-order valence-corrected chi connectivity index (χ2v) is 5.44. The molecule has 0 saturated heterocycles. The zero-order chi connectivity index (χ0) is 20.3. The Labute approximate surface area is 165 Å². The van der Waals surface area contributed by atoms with Gasteiger partial charge in [-0.2, -0.15) is 0 Å². The Kier molecular flexibility index (Phi) is 14.9. The number of hydrogen-bond acceptors (Lipinski definition) is 9. The molecule has 0 aliphatic carbocycles. The van der Waals surface area contributed by atoms with Crippen LogP contribution in [0.15, 0.2) is 18.2 Å². The van der Waals surface area contributed by atoms with Crippen molar-refractivity contribution in [1.29, 1.82) is 0 Å². The van der Waals surface area contributed by atoms with E-state index in [1.807, 2.05) is 0 Å². The fourth-order valence-electron chi connectivity index (χ4n) is 1.98. The van der Waals surface area contributed by atoms with E-state index in [0.717, 1.165) is 0 Å². The van der Waals surface area contributed by atoms with Gasteiger partial charge >= 0.3 is 0 Å². The van der Waals surface area contributed by atoms with Crippen LogP contribution in [0.1, 0.15) is 20.7 Å². The summed E-state index contributed by atoms with van der Waals surface area (Å²) in [6, 6.07) is 4.63. The maximum Gasteiger partial charge on any atom is 0.153 e. The highest BCUT2D eigenvalue weighted by Crippen LogP contribution is 2.18. The first kappa shape index (κ1) is 24.2. The summed E-state index contributed by atoms with van der Waals surface area (Å²) in [6.45, 7) is 4.48. The Morgan fingerprint density at radius 2 is 1.29 bits per heavy atom. The van der Waals surface area contributed by atoms with Gasteiger partial charge in [0.15, 0.2) is 6.29 Å². The Hall–Kier alpha value is -1.88. The van der Waals surface area contributed by atoms with Crippen LogP contribution >= 0.6 is 0 Å². The first-order valence-electron chi connectivity index (χ1n) is 9.07. The minimum Gasteiger partial charge on any atom is -0.490 e. The van der Waals surface area contributed by atoms with E-state index in [1.54, 1.807) is 12.1 Å². The molecule has 1 aromatic rings. The lowest BCUT2D eigenvalue weighted by Gasteiger charge is -2.10. The summed E-state index contributed by atoms with van der Waals surface area (Å²) in [5.74, 6) is 0.366. The summed E-state index contributed by atoms with van der Waals surface area (Å²) in [7, 11) is 0. The van der Waals surface area contributed by atoms with Crippen molar-refractivity contribution in [3.8, 4) is 5.75 Å². The summed E-state index contributed by atoms with van der Waals surface area (Å²) >= 11 is 0. The maximum absolute atomic E-state index is 11.0. The monoisotopic (exact) mass is 399 g/mol. The fraction of sp³-hybridized carbons (Fsp3) is 0.579. The van der Waals surface area contributed by atoms with Gasteiger partial charge in [-0.05, 0) is 12.1 Å². The Balaban J connectivity index is 1.91. The molecule has 0 aromatic heterocycles. The Morgan fingerprint density at radius 1 is 0.714 bits per heavy atom. The number of benzene rings is 1. The number of aldehydes is 2. The summed E-state index contributed by atoms with van der Waals surface area (Å²) in [5.41, 5.74) is 6.12. The zero-order valence-corrected chi connectivity index (χ0v) is 16.0. The van der Waals surface area contributed by atoms with E-state index >= 15 is 0 Å². The molecule has 0 saturated carbocycles. The third-order valence-corrected chi connectivity index (χ3v) is 3.33. The molecular formula is C19H29NO8. The van der Waals surface area contributed by atoms with E-state index in [-0.39, 0.29) is 13.4 Å². The number of ether oxygens (including phenoxy) is 6. The van der Waals surface area contributed by atoms with Gasteiger partial charge in [-0.3, -0.25) is 9.59 Å². The van der Waals surface area contributed by atoms with Gasteiger partial charge in [0, 0.05) is 12.1 Å². The van der Waals surface area contributed by atoms with Crippen LogP contribution in [0.4, 0.5) is 0 Å². The summed E-state index contributed by atoms with van der Waals surface area (Å²) in [4.78, 5) is 21.7. The number of nitrogens with two attached hydrogens (primary N) is 1. The van der Waals surface area contributed by atoms with Crippen molar-refractivity contribution in [3.63, 3.8) is 0 Å². The number of rotatable bonds is 19. The molecule has 0 amide bonds. The van der Waals surface area contributed by atoms with Crippen LogP contribution in [-0.4, -0.2) is 85.4 Å². The second-order valence-electron chi connectivity index (χ2n) is 5.44. The third-order valence-electron chi connectivity index (χ3n) is 3.33. The molecule has 1 rings (SSSR count). The van der Waals surface area contributed by atoms with Gasteiger partial charge in [0.05, 0.1) is 58.4 Å². The van der Waals surface area contributed by atoms with Crippen LogP contribution in [-0.2, 0) is 23.7 Å². The molecule has 0 aliphatic heterocycles. The first-order chi connectivity index (χ1) is 13.8. The normalized spacial score (nSPS) is 10.8. The molecule has 0 radical (unpaired) electrons. The van der Waals surface area contributed by atoms with Crippen molar-refractivity contribution in [1.82, 2.24) is 0 Å². The zero-order valence-electron chi connectivity index (χ0n) is 16.0. The van der Waals surface area contributed by atoms with E-state index < -0.39 is 0 Å². The number of carbonyl (C=O) groups is 2. The Bertz CT molecular complexity index is 541. The van der Waals surface area contributed by atoms with Gasteiger partial charge in [0.25, 0.3) is 0 Å². The van der Waals surface area contributed by atoms with Crippen molar-refractivity contribution >= 4 is 12.6 Å². The maximum atomic E-state index is 11.0. The SMILES string of the molecule is NCCOCCOCOCCOCCOCCOc1cc(C=O)ccc1C=O. The lowest BCUT2D eigenvalue weighted by atomic mass is 10.1. The highest BCUT2D eigenvalue weighted by Gasteiger charge is 2.04. The van der Waals surface area contributed by atoms with Gasteiger partial charge < -0.3 is 34.2 Å². The molecule has 0 fully saturated rings. The van der Waals surface area contributed by atoms with E-state index in [9.17, 15) is 9.59 Å². The topological polar surface area (TPSA) is 116 Å². The van der Waals surface area contributed by atoms with Crippen LogP contribution in [0.2, 0.25) is 0 Å². The lowest BCUT2D eigenvalue weighted by Crippen LogP contribution is -2.15. The molecule has 158 valence electrons. The lowest BCUT2D eigenvalue weighted by molar-refractivity contribution is -0.0833. The fourth-order valence-corrected chi connectivity index (χ4v) is 1.98. The summed E-state index contributed by atoms with van der Waals surface area (Å²) in [6.07, 6.45) is 1.38. The van der Waals surface area contributed by atoms with Crippen molar-refractivity contribution < 1.29 is 38.0 Å². The average Bonchev–Trinajstić information content (AvgIpc) is 2.73. The van der Waals surface area contributed by atoms with Crippen LogP contribution < -0.4 is 10.5 Å². The molecule has 0 unspecified atom stereocenters. The van der Waals surface area contributed by atoms with Gasteiger partial charge in [0.1, 0.15) is 25.4 Å². The molecule has 9 nitrogen and oxygen atoms in total. The van der Waals surface area contributed by atoms with Crippen LogP contribution in [0.5, 0.6) is 5.75 Å². The van der Waals surface area contributed by atoms with E-state index in [1.165, 1.54) is 6.07 Å². The molecular weight excluding hydrogens is 370 g/mol. The quantitative estimate of drug-likeness (QED) is 0.204. The molecule has 0 spiro atoms. The minimum absolute atomic E-state index is 0.192. The van der Waals surface area contributed by atoms with Crippen molar-refractivity contribution in [2.75, 3.05) is 72.8 Å². The average molecular weight is 399 g/mol. The van der Waals surface area contributed by atoms with Crippen molar-refractivity contribution in [3.05, 3.63) is 29.3 Å². The van der Waals surface area contributed by atoms with Crippen molar-refractivity contribution in [2.45, 2.75) is 0 Å². The second kappa shape index (κ2) is 17.2. The number of carbonyl (C=O) groups excluding carboxylic acids is 2. The molecule has 28 heavy (non-hydrogen) atoms. The predicted molar refractivity (Wildman–Crippen MR) is 101 cm³/mol. The minimum atomic E-state index is 0.192. The molecule has 9 heteroatoms. The van der Waals surface area contributed by atoms with Gasteiger partial charge in [-0.15, -0.1) is 0 Å². The molecule has 1 aromatic carbocycles. The first-order valence-corrected chi connectivity index (χ1v) is 9.07. The third kappa shape index (κ3) is 11.8. The standard InChI is InChI=1S/C19H29NO8/c20-3-4-23-7-9-26-16-27-10-8-24-5-6-25-11-12-28-19-13-17(14-21)1-2-18(19)15-22/h1-2,13-15H,3-12,16,20H2. The molecule has 0 heterocycles. The van der Waals surface area contributed by atoms with Crippen LogP contribution in [0.25, 0.3) is 0 Å². The molecule has 0 aliphatic rings. The van der Waals surface area contributed by atoms with E-state index in [4.69, 9.17) is 34.2 Å². The summed E-state index contributed by atoms with van der Waals surface area (Å²) < 4.78 is 31.8. The molecule has 2 N–H and O–H groups in total. The molecule has 0 bridgehead atoms. The van der Waals surface area contributed by atoms with Crippen LogP contribution in [0.3, 0.4) is 0 Å². The van der Waals surface area contributed by atoms with Crippen molar-refractivity contribution in [2.24, 2.45) is 5.73 Å². The summed E-state index contributed by atoms with van der Waals surface area (Å²) in [5, 5.41) is 0. The highest BCUT2D eigenvalue weighted by atomic mass is 16.7. The smallest absolute Gasteiger partial charge is 0.153 e. The van der Waals surface area contributed by atoms with Gasteiger partial charge in [0.2, 0.25) is 0 Å². The Morgan fingerprint density at radius 3 is 1.86 bits per heavy atom. The van der Waals surface area contributed by atoms with Gasteiger partial charge in [-0.1, -0.05) is 6.07 Å². The van der Waals surface area contributed by atoms with E-state index in [2.05, 4.69) is 0 Å². The number of hydrogen-bond donors (Lipinski definition) is 1. The van der Waals surface area contributed by atoms with Gasteiger partial charge in [-0.25, -0.2) is 0 Å².